The van der Waals surface area contributed by atoms with Gasteiger partial charge in [-0.1, -0.05) is 18.2 Å². The van der Waals surface area contributed by atoms with Crippen LogP contribution in [-0.4, -0.2) is 34.7 Å². The van der Waals surface area contributed by atoms with E-state index in [-0.39, 0.29) is 10.2 Å². The lowest BCUT2D eigenvalue weighted by Crippen LogP contribution is -2.21. The number of alkyl halides is 3. The van der Waals surface area contributed by atoms with E-state index >= 15 is 0 Å². The highest BCUT2D eigenvalue weighted by Gasteiger charge is 2.36. The van der Waals surface area contributed by atoms with Crippen molar-refractivity contribution >= 4 is 40.5 Å². The molecule has 1 rings (SSSR count). The smallest absolute Gasteiger partial charge is 0.496 e. The maximum absolute atomic E-state index is 11.3. The molecule has 0 amide bonds. The van der Waals surface area contributed by atoms with Crippen LogP contribution >= 0.6 is 20.7 Å². The number of hydrogen-bond donors (Lipinski definition) is 0. The Bertz CT molecular complexity index is 699. The monoisotopic (exact) mass is 466 g/mol. The van der Waals surface area contributed by atoms with Crippen LogP contribution in [0.4, 0.5) is 13.2 Å². The number of nitrogens with zero attached hydrogens (tertiary/aromatic N) is 2. The zero-order chi connectivity index (χ0) is 18.1. The van der Waals surface area contributed by atoms with E-state index in [1.165, 1.54) is 0 Å². The number of diazo groups is 1. The fraction of sp³-hybridized carbons (Fsp3) is 0.273. The van der Waals surface area contributed by atoms with Crippen LogP contribution in [0, 0.1) is 8.96 Å². The molecule has 0 saturated heterocycles. The first-order chi connectivity index (χ1) is 10.5. The second-order valence-corrected chi connectivity index (χ2v) is 7.58. The van der Waals surface area contributed by atoms with Crippen LogP contribution < -0.4 is 0 Å². The highest BCUT2D eigenvalue weighted by molar-refractivity contribution is 14.2. The Morgan fingerprint density at radius 3 is 2.17 bits per heavy atom. The van der Waals surface area contributed by atoms with E-state index in [1.807, 2.05) is 30.3 Å². The lowest BCUT2D eigenvalue weighted by Gasteiger charge is -2.08. The molecule has 1 aromatic carbocycles. The molecule has 1 aromatic rings. The zero-order valence-corrected chi connectivity index (χ0v) is 14.4. The minimum atomic E-state index is -6.09. The van der Waals surface area contributed by atoms with E-state index in [0.717, 1.165) is 3.57 Å². The molecule has 0 atom stereocenters. The maximum atomic E-state index is 11.3. The molecule has 23 heavy (non-hydrogen) atoms. The number of ether oxygens (including phenoxy) is 1. The second kappa shape index (κ2) is 9.53. The average Bonchev–Trinajstić information content (AvgIpc) is 2.44. The van der Waals surface area contributed by atoms with Gasteiger partial charge in [0.15, 0.2) is 15.1 Å². The summed E-state index contributed by atoms with van der Waals surface area (Å²) in [5.41, 5.74) is -5.65. The topological polar surface area (TPSA) is 112 Å². The minimum Gasteiger partial charge on any atom is -0.741 e. The molecule has 0 aliphatic heterocycles. The van der Waals surface area contributed by atoms with Gasteiger partial charge in [0.1, 0.15) is 0 Å². The van der Waals surface area contributed by atoms with E-state index in [9.17, 15) is 18.0 Å². The minimum absolute atomic E-state index is 0.127. The molecule has 0 aliphatic rings. The van der Waals surface area contributed by atoms with Crippen LogP contribution in [0.3, 0.4) is 0 Å². The molecule has 0 saturated carbocycles. The Morgan fingerprint density at radius 1 is 1.35 bits per heavy atom. The summed E-state index contributed by atoms with van der Waals surface area (Å²) in [6.07, 6.45) is 0. The van der Waals surface area contributed by atoms with Crippen molar-refractivity contribution in [3.8, 4) is 0 Å². The van der Waals surface area contributed by atoms with Crippen LogP contribution in [0.5, 0.6) is 0 Å². The number of carbonyl (C=O) groups is 1. The first-order valence-corrected chi connectivity index (χ1v) is 9.20. The molecule has 0 aromatic heterocycles. The molecule has 0 fully saturated rings. The van der Waals surface area contributed by atoms with Crippen molar-refractivity contribution in [3.63, 3.8) is 0 Å². The van der Waals surface area contributed by atoms with Crippen LogP contribution in [0.1, 0.15) is 6.92 Å². The largest absolute Gasteiger partial charge is 0.741 e. The third kappa shape index (κ3) is 8.57. The number of hydrogen-bond acceptors (Lipinski definition) is 6. The SMILES string of the molecule is CCOC(=O)C([N+]#N)=Ic1ccccc1.O=S(=O)([O-])C(F)(F)F. The normalized spacial score (nSPS) is 12.1. The van der Waals surface area contributed by atoms with Crippen LogP contribution in [0.15, 0.2) is 30.3 Å². The van der Waals surface area contributed by atoms with Crippen LogP contribution in [0.2, 0.25) is 0 Å². The molecule has 7 nitrogen and oxygen atoms in total. The predicted octanol–water partition coefficient (Wildman–Crippen LogP) is 2.42. The average molecular weight is 466 g/mol. The molecule has 0 bridgehead atoms. The number of rotatable bonds is 3. The summed E-state index contributed by atoms with van der Waals surface area (Å²) in [5.74, 6) is -0.531. The summed E-state index contributed by atoms with van der Waals surface area (Å²) < 4.78 is 64.8. The summed E-state index contributed by atoms with van der Waals surface area (Å²) in [5, 5.41) is 8.70. The lowest BCUT2D eigenvalue weighted by atomic mass is 10.4. The van der Waals surface area contributed by atoms with Crippen molar-refractivity contribution < 1.29 is 35.7 Å². The van der Waals surface area contributed by atoms with Gasteiger partial charge in [0.2, 0.25) is 5.39 Å². The summed E-state index contributed by atoms with van der Waals surface area (Å²) in [6.45, 7) is 2.00. The third-order valence-electron chi connectivity index (χ3n) is 1.75. The first-order valence-electron chi connectivity index (χ1n) is 5.64. The van der Waals surface area contributed by atoms with E-state index in [2.05, 4.69) is 4.98 Å². The van der Waals surface area contributed by atoms with E-state index < -0.39 is 42.3 Å². The number of halogens is 4. The Hall–Kier alpha value is -1.59. The summed E-state index contributed by atoms with van der Waals surface area (Å²) >= 11 is -0.766. The van der Waals surface area contributed by atoms with E-state index in [4.69, 9.17) is 23.1 Å². The molecule has 12 heteroatoms. The Kier molecular flexibility index (Phi) is 8.87. The summed E-state index contributed by atoms with van der Waals surface area (Å²) in [4.78, 5) is 14.3. The number of esters is 1. The Labute approximate surface area is 139 Å². The molecule has 0 radical (unpaired) electrons. The van der Waals surface area contributed by atoms with Crippen molar-refractivity contribution in [3.05, 3.63) is 38.9 Å². The van der Waals surface area contributed by atoms with Crippen molar-refractivity contribution in [1.29, 1.82) is 5.39 Å². The number of benzene rings is 1. The fourth-order valence-electron chi connectivity index (χ4n) is 0.870. The van der Waals surface area contributed by atoms with Gasteiger partial charge >= 0.3 is 15.1 Å². The molecule has 0 heterocycles. The van der Waals surface area contributed by atoms with Gasteiger partial charge in [-0.2, -0.15) is 13.2 Å². The Balaban J connectivity index is 0.000000515. The molecular weight excluding hydrogens is 456 g/mol. The molecule has 0 spiro atoms. The van der Waals surface area contributed by atoms with Crippen molar-refractivity contribution in [2.75, 3.05) is 6.61 Å². The standard InChI is InChI=1S/C10H10IN2O2.CHF3O3S/c1-2-15-10(14)9(13-12)11-8-6-4-3-5-7-8;2-1(3,4)8(5,6)7/h3-7H,2H2,1H3;(H,5,6,7)/q+1;/p-1. The third-order valence-corrected chi connectivity index (χ3v) is 4.82. The highest BCUT2D eigenvalue weighted by Crippen LogP contribution is 2.20. The Morgan fingerprint density at radius 2 is 1.83 bits per heavy atom. The summed E-state index contributed by atoms with van der Waals surface area (Å²) in [6, 6.07) is 9.47. The van der Waals surface area contributed by atoms with Gasteiger partial charge in [-0.05, 0) is 19.1 Å². The summed E-state index contributed by atoms with van der Waals surface area (Å²) in [7, 11) is -6.09. The molecule has 0 aliphatic carbocycles. The first kappa shape index (κ1) is 21.4. The highest BCUT2D eigenvalue weighted by atomic mass is 127. The van der Waals surface area contributed by atoms with Crippen molar-refractivity contribution in [2.24, 2.45) is 0 Å². The van der Waals surface area contributed by atoms with Gasteiger partial charge in [0, 0.05) is 24.3 Å². The lowest BCUT2D eigenvalue weighted by molar-refractivity contribution is -0.134. The zero-order valence-electron chi connectivity index (χ0n) is 11.4. The van der Waals surface area contributed by atoms with Gasteiger partial charge in [-0.15, -0.1) is 0 Å². The van der Waals surface area contributed by atoms with Gasteiger partial charge in [0.05, 0.1) is 6.61 Å². The van der Waals surface area contributed by atoms with Gasteiger partial charge in [-0.25, -0.2) is 13.2 Å². The van der Waals surface area contributed by atoms with E-state index in [0.29, 0.717) is 0 Å². The predicted molar refractivity (Wildman–Crippen MR) is 81.6 cm³/mol. The van der Waals surface area contributed by atoms with Crippen molar-refractivity contribution in [2.45, 2.75) is 12.4 Å². The van der Waals surface area contributed by atoms with Gasteiger partial charge in [-0.3, -0.25) is 0 Å². The molecule has 128 valence electrons. The van der Waals surface area contributed by atoms with Crippen molar-refractivity contribution in [1.82, 2.24) is 0 Å². The molecule has 0 N–H and O–H groups in total. The van der Waals surface area contributed by atoms with Gasteiger partial charge < -0.3 is 9.29 Å². The van der Waals surface area contributed by atoms with Gasteiger partial charge in [0.25, 0.3) is 0 Å². The molecule has 0 unspecified atom stereocenters. The fourth-order valence-corrected chi connectivity index (χ4v) is 2.72. The molecular formula is C11H10F3IN2O5S. The quantitative estimate of drug-likeness (QED) is 0.223. The maximum Gasteiger partial charge on any atom is 0.496 e. The van der Waals surface area contributed by atoms with E-state index in [1.54, 1.807) is 6.92 Å². The van der Waals surface area contributed by atoms with Crippen LogP contribution in [-0.2, 0) is 19.6 Å². The number of carbonyl (C=O) groups excluding carboxylic acids is 1. The van der Waals surface area contributed by atoms with Crippen LogP contribution in [0.25, 0.3) is 4.98 Å². The second-order valence-electron chi connectivity index (χ2n) is 3.40.